The molecule has 0 radical (unpaired) electrons. The van der Waals surface area contributed by atoms with Crippen LogP contribution in [0.25, 0.3) is 0 Å². The molecule has 2 N–H and O–H groups in total. The molecule has 1 rings (SSSR count). The van der Waals surface area contributed by atoms with Gasteiger partial charge in [-0.3, -0.25) is 0 Å². The van der Waals surface area contributed by atoms with Crippen LogP contribution >= 0.6 is 0 Å². The quantitative estimate of drug-likeness (QED) is 0.745. The van der Waals surface area contributed by atoms with Crippen molar-refractivity contribution < 1.29 is 9.53 Å². The number of nitrogens with one attached hydrogen (secondary N) is 2. The first-order valence-electron chi connectivity index (χ1n) is 5.78. The van der Waals surface area contributed by atoms with Crippen molar-refractivity contribution in [2.75, 3.05) is 13.2 Å². The van der Waals surface area contributed by atoms with E-state index in [-0.39, 0.29) is 18.1 Å². The van der Waals surface area contributed by atoms with Gasteiger partial charge in [0.25, 0.3) is 0 Å². The summed E-state index contributed by atoms with van der Waals surface area (Å²) in [5, 5.41) is 5.87. The third kappa shape index (κ3) is 4.08. The maximum Gasteiger partial charge on any atom is 0.315 e. The molecule has 4 heteroatoms. The van der Waals surface area contributed by atoms with Crippen LogP contribution in [-0.4, -0.2) is 31.3 Å². The smallest absolute Gasteiger partial charge is 0.315 e. The zero-order chi connectivity index (χ0) is 11.3. The Morgan fingerprint density at radius 1 is 1.53 bits per heavy atom. The molecule has 0 aliphatic carbocycles. The lowest BCUT2D eigenvalue weighted by molar-refractivity contribution is 0.187. The number of amides is 2. The van der Waals surface area contributed by atoms with E-state index in [4.69, 9.17) is 4.74 Å². The zero-order valence-electron chi connectivity index (χ0n) is 9.88. The average molecular weight is 214 g/mol. The van der Waals surface area contributed by atoms with E-state index in [1.165, 1.54) is 0 Å². The summed E-state index contributed by atoms with van der Waals surface area (Å²) in [5.41, 5.74) is 0. The van der Waals surface area contributed by atoms with Crippen molar-refractivity contribution in [3.8, 4) is 0 Å². The van der Waals surface area contributed by atoms with Crippen molar-refractivity contribution in [2.45, 2.75) is 45.7 Å². The predicted octanol–water partition coefficient (Wildman–Crippen LogP) is 1.51. The van der Waals surface area contributed by atoms with Crippen molar-refractivity contribution in [3.05, 3.63) is 0 Å². The molecule has 2 amide bonds. The fraction of sp³-hybridized carbons (Fsp3) is 0.909. The first kappa shape index (κ1) is 12.3. The Bertz CT molecular complexity index is 203. The summed E-state index contributed by atoms with van der Waals surface area (Å²) in [5.74, 6) is 0.510. The van der Waals surface area contributed by atoms with Crippen LogP contribution in [0.3, 0.4) is 0 Å². The molecule has 0 aromatic carbocycles. The minimum Gasteiger partial charge on any atom is -0.379 e. The molecule has 3 atom stereocenters. The number of carbonyl (C=O) groups is 1. The standard InChI is InChI=1S/C11H22N2O2/c1-4-8(2)9(3)12-11(14)13-10-5-6-15-7-10/h8-10H,4-7H2,1-3H3,(H2,12,13,14). The fourth-order valence-electron chi connectivity index (χ4n) is 1.58. The SMILES string of the molecule is CCC(C)C(C)NC(=O)NC1CCOC1. The van der Waals surface area contributed by atoms with Gasteiger partial charge in [0.1, 0.15) is 0 Å². The summed E-state index contributed by atoms with van der Waals surface area (Å²) in [4.78, 5) is 11.6. The highest BCUT2D eigenvalue weighted by Crippen LogP contribution is 2.07. The molecule has 0 aromatic heterocycles. The van der Waals surface area contributed by atoms with Crippen molar-refractivity contribution in [1.82, 2.24) is 10.6 Å². The third-order valence-electron chi connectivity index (χ3n) is 3.12. The number of hydrogen-bond acceptors (Lipinski definition) is 2. The molecule has 0 aromatic rings. The minimum absolute atomic E-state index is 0.0710. The highest BCUT2D eigenvalue weighted by atomic mass is 16.5. The maximum atomic E-state index is 11.6. The number of carbonyl (C=O) groups excluding carboxylic acids is 1. The number of ether oxygens (including phenoxy) is 1. The van der Waals surface area contributed by atoms with Gasteiger partial charge >= 0.3 is 6.03 Å². The van der Waals surface area contributed by atoms with Gasteiger partial charge in [0.2, 0.25) is 0 Å². The summed E-state index contributed by atoms with van der Waals surface area (Å²) in [6.07, 6.45) is 2.00. The van der Waals surface area contributed by atoms with E-state index >= 15 is 0 Å². The highest BCUT2D eigenvalue weighted by Gasteiger charge is 2.19. The second-order valence-electron chi connectivity index (χ2n) is 4.35. The van der Waals surface area contributed by atoms with E-state index in [2.05, 4.69) is 24.5 Å². The third-order valence-corrected chi connectivity index (χ3v) is 3.12. The van der Waals surface area contributed by atoms with Crippen LogP contribution in [-0.2, 0) is 4.74 Å². The molecule has 1 aliphatic heterocycles. The normalized spacial score (nSPS) is 24.6. The molecule has 0 saturated carbocycles. The lowest BCUT2D eigenvalue weighted by atomic mass is 10.0. The highest BCUT2D eigenvalue weighted by molar-refractivity contribution is 5.74. The van der Waals surface area contributed by atoms with E-state index in [0.29, 0.717) is 12.5 Å². The lowest BCUT2D eigenvalue weighted by Crippen LogP contribution is -2.47. The molecule has 88 valence electrons. The first-order chi connectivity index (χ1) is 7.13. The van der Waals surface area contributed by atoms with Crippen molar-refractivity contribution in [3.63, 3.8) is 0 Å². The van der Waals surface area contributed by atoms with Crippen molar-refractivity contribution >= 4 is 6.03 Å². The van der Waals surface area contributed by atoms with Gasteiger partial charge in [0.05, 0.1) is 12.6 Å². The summed E-state index contributed by atoms with van der Waals surface area (Å²) in [7, 11) is 0. The van der Waals surface area contributed by atoms with Crippen LogP contribution in [0.2, 0.25) is 0 Å². The van der Waals surface area contributed by atoms with Crippen LogP contribution < -0.4 is 10.6 Å². The molecule has 1 saturated heterocycles. The predicted molar refractivity (Wildman–Crippen MR) is 59.8 cm³/mol. The van der Waals surface area contributed by atoms with Gasteiger partial charge < -0.3 is 15.4 Å². The molecular formula is C11H22N2O2. The van der Waals surface area contributed by atoms with Gasteiger partial charge in [0, 0.05) is 12.6 Å². The monoisotopic (exact) mass is 214 g/mol. The number of urea groups is 1. The van der Waals surface area contributed by atoms with Crippen molar-refractivity contribution in [1.29, 1.82) is 0 Å². The molecule has 1 heterocycles. The van der Waals surface area contributed by atoms with Gasteiger partial charge in [-0.05, 0) is 19.3 Å². The molecule has 15 heavy (non-hydrogen) atoms. The van der Waals surface area contributed by atoms with E-state index in [1.807, 2.05) is 6.92 Å². The van der Waals surface area contributed by atoms with Crippen molar-refractivity contribution in [2.24, 2.45) is 5.92 Å². The summed E-state index contributed by atoms with van der Waals surface area (Å²) in [6.45, 7) is 7.71. The largest absolute Gasteiger partial charge is 0.379 e. The Hall–Kier alpha value is -0.770. The number of hydrogen-bond donors (Lipinski definition) is 2. The molecule has 1 aliphatic rings. The van der Waals surface area contributed by atoms with Gasteiger partial charge in [-0.2, -0.15) is 0 Å². The Kier molecular flexibility index (Phi) is 4.88. The van der Waals surface area contributed by atoms with E-state index in [0.717, 1.165) is 19.4 Å². The molecule has 4 nitrogen and oxygen atoms in total. The molecule has 0 spiro atoms. The van der Waals surface area contributed by atoms with Crippen LogP contribution in [0.5, 0.6) is 0 Å². The topological polar surface area (TPSA) is 50.4 Å². The van der Waals surface area contributed by atoms with Gasteiger partial charge in [-0.15, -0.1) is 0 Å². The second-order valence-corrected chi connectivity index (χ2v) is 4.35. The van der Waals surface area contributed by atoms with Crippen LogP contribution in [0, 0.1) is 5.92 Å². The van der Waals surface area contributed by atoms with Crippen LogP contribution in [0.4, 0.5) is 4.79 Å². The minimum atomic E-state index is -0.0710. The van der Waals surface area contributed by atoms with E-state index in [1.54, 1.807) is 0 Å². The summed E-state index contributed by atoms with van der Waals surface area (Å²) in [6, 6.07) is 0.338. The Morgan fingerprint density at radius 3 is 2.80 bits per heavy atom. The van der Waals surface area contributed by atoms with E-state index < -0.39 is 0 Å². The lowest BCUT2D eigenvalue weighted by Gasteiger charge is -2.21. The Labute approximate surface area is 91.8 Å². The van der Waals surface area contributed by atoms with E-state index in [9.17, 15) is 4.79 Å². The molecule has 3 unspecified atom stereocenters. The molecule has 0 bridgehead atoms. The number of rotatable bonds is 4. The molecular weight excluding hydrogens is 192 g/mol. The van der Waals surface area contributed by atoms with Gasteiger partial charge in [-0.1, -0.05) is 20.3 Å². The maximum absolute atomic E-state index is 11.6. The summed E-state index contributed by atoms with van der Waals surface area (Å²) >= 11 is 0. The second kappa shape index (κ2) is 5.95. The van der Waals surface area contributed by atoms with Gasteiger partial charge in [0.15, 0.2) is 0 Å². The first-order valence-corrected chi connectivity index (χ1v) is 5.78. The fourth-order valence-corrected chi connectivity index (χ4v) is 1.58. The Morgan fingerprint density at radius 2 is 2.27 bits per heavy atom. The Balaban J connectivity index is 2.22. The van der Waals surface area contributed by atoms with Crippen LogP contribution in [0.15, 0.2) is 0 Å². The average Bonchev–Trinajstić information content (AvgIpc) is 2.68. The van der Waals surface area contributed by atoms with Gasteiger partial charge in [-0.25, -0.2) is 4.79 Å². The zero-order valence-corrected chi connectivity index (χ0v) is 9.88. The molecule has 1 fully saturated rings. The van der Waals surface area contributed by atoms with Crippen LogP contribution in [0.1, 0.15) is 33.6 Å². The summed E-state index contributed by atoms with van der Waals surface area (Å²) < 4.78 is 5.19.